The van der Waals surface area contributed by atoms with Gasteiger partial charge >= 0.3 is 0 Å². The second-order valence-electron chi connectivity index (χ2n) is 3.26. The van der Waals surface area contributed by atoms with E-state index in [9.17, 15) is 9.59 Å². The largest absolute Gasteiger partial charge is 0.298 e. The van der Waals surface area contributed by atoms with Gasteiger partial charge in [-0.05, 0) is 18.4 Å². The van der Waals surface area contributed by atoms with Gasteiger partial charge in [-0.15, -0.1) is 0 Å². The minimum absolute atomic E-state index is 0.152. The summed E-state index contributed by atoms with van der Waals surface area (Å²) in [5.41, 5.74) is 1.82. The highest BCUT2D eigenvalue weighted by Gasteiger charge is 2.00. The zero-order valence-electron chi connectivity index (χ0n) is 8.73. The van der Waals surface area contributed by atoms with E-state index in [1.165, 1.54) is 11.8 Å². The maximum Gasteiger partial charge on any atom is 0.185 e. The molecule has 0 aliphatic heterocycles. The average molecular weight is 222 g/mol. The molecular formula is C12H14O2S. The van der Waals surface area contributed by atoms with Gasteiger partial charge in [-0.2, -0.15) is 0 Å². The van der Waals surface area contributed by atoms with Crippen LogP contribution in [-0.4, -0.2) is 17.2 Å². The molecule has 1 rings (SSSR count). The van der Waals surface area contributed by atoms with Crippen molar-refractivity contribution >= 4 is 23.2 Å². The number of hydrogen-bond acceptors (Lipinski definition) is 3. The molecule has 0 unspecified atom stereocenters. The van der Waals surface area contributed by atoms with E-state index >= 15 is 0 Å². The summed E-state index contributed by atoms with van der Waals surface area (Å²) in [6.45, 7) is 1.57. The van der Waals surface area contributed by atoms with Crippen molar-refractivity contribution in [3.05, 3.63) is 35.4 Å². The molecule has 0 heterocycles. The molecule has 0 fully saturated rings. The summed E-state index contributed by atoms with van der Waals surface area (Å²) < 4.78 is 0. The van der Waals surface area contributed by atoms with Crippen molar-refractivity contribution in [3.63, 3.8) is 0 Å². The second kappa shape index (κ2) is 6.40. The fraction of sp³-hybridized carbons (Fsp3) is 0.333. The quantitative estimate of drug-likeness (QED) is 0.567. The fourth-order valence-corrected chi connectivity index (χ4v) is 1.93. The molecule has 0 aliphatic rings. The van der Waals surface area contributed by atoms with Gasteiger partial charge in [0.15, 0.2) is 5.12 Å². The highest BCUT2D eigenvalue weighted by atomic mass is 32.2. The van der Waals surface area contributed by atoms with Gasteiger partial charge < -0.3 is 0 Å². The SMILES string of the molecule is CC(=O)SCCCc1ccccc1C=O. The van der Waals surface area contributed by atoms with Crippen LogP contribution >= 0.6 is 11.8 Å². The van der Waals surface area contributed by atoms with E-state index in [4.69, 9.17) is 0 Å². The predicted molar refractivity (Wildman–Crippen MR) is 63.3 cm³/mol. The van der Waals surface area contributed by atoms with Gasteiger partial charge in [-0.1, -0.05) is 36.0 Å². The van der Waals surface area contributed by atoms with Crippen molar-refractivity contribution in [2.75, 3.05) is 5.75 Å². The maximum atomic E-state index is 10.7. The lowest BCUT2D eigenvalue weighted by Crippen LogP contribution is -1.95. The zero-order chi connectivity index (χ0) is 11.1. The summed E-state index contributed by atoms with van der Waals surface area (Å²) in [6.07, 6.45) is 2.66. The van der Waals surface area contributed by atoms with E-state index in [1.807, 2.05) is 24.3 Å². The molecule has 0 aliphatic carbocycles. The lowest BCUT2D eigenvalue weighted by Gasteiger charge is -2.03. The average Bonchev–Trinajstić information content (AvgIpc) is 2.24. The number of carbonyl (C=O) groups is 2. The predicted octanol–water partition coefficient (Wildman–Crippen LogP) is 2.71. The van der Waals surface area contributed by atoms with Gasteiger partial charge in [0.2, 0.25) is 0 Å². The minimum Gasteiger partial charge on any atom is -0.298 e. The molecular weight excluding hydrogens is 208 g/mol. The third-order valence-corrected chi connectivity index (χ3v) is 2.98. The first-order chi connectivity index (χ1) is 7.24. The third kappa shape index (κ3) is 4.30. The molecule has 0 bridgehead atoms. The van der Waals surface area contributed by atoms with Crippen LogP contribution in [0.2, 0.25) is 0 Å². The first-order valence-corrected chi connectivity index (χ1v) is 5.89. The van der Waals surface area contributed by atoms with Crippen molar-refractivity contribution in [1.82, 2.24) is 0 Å². The lowest BCUT2D eigenvalue weighted by atomic mass is 10.0. The van der Waals surface area contributed by atoms with Crippen LogP contribution in [-0.2, 0) is 11.2 Å². The van der Waals surface area contributed by atoms with E-state index in [-0.39, 0.29) is 5.12 Å². The first-order valence-electron chi connectivity index (χ1n) is 4.90. The Labute approximate surface area is 94.1 Å². The molecule has 0 N–H and O–H groups in total. The van der Waals surface area contributed by atoms with Crippen LogP contribution in [0.5, 0.6) is 0 Å². The third-order valence-electron chi connectivity index (χ3n) is 2.08. The fourth-order valence-electron chi connectivity index (χ4n) is 1.36. The van der Waals surface area contributed by atoms with Gasteiger partial charge in [0.25, 0.3) is 0 Å². The molecule has 0 aromatic heterocycles. The number of carbonyl (C=O) groups excluding carboxylic acids is 2. The Kier molecular flexibility index (Phi) is 5.12. The Hall–Kier alpha value is -1.09. The Morgan fingerprint density at radius 3 is 2.80 bits per heavy atom. The van der Waals surface area contributed by atoms with E-state index in [0.717, 1.165) is 36.0 Å². The lowest BCUT2D eigenvalue weighted by molar-refractivity contribution is -0.109. The Balaban J connectivity index is 2.43. The highest BCUT2D eigenvalue weighted by molar-refractivity contribution is 8.13. The summed E-state index contributed by atoms with van der Waals surface area (Å²) in [6, 6.07) is 7.57. The number of thioether (sulfide) groups is 1. The number of benzene rings is 1. The van der Waals surface area contributed by atoms with Crippen molar-refractivity contribution < 1.29 is 9.59 Å². The van der Waals surface area contributed by atoms with Gasteiger partial charge in [-0.3, -0.25) is 9.59 Å². The van der Waals surface area contributed by atoms with E-state index in [0.29, 0.717) is 0 Å². The monoisotopic (exact) mass is 222 g/mol. The second-order valence-corrected chi connectivity index (χ2v) is 4.53. The van der Waals surface area contributed by atoms with Gasteiger partial charge in [0, 0.05) is 18.2 Å². The van der Waals surface area contributed by atoms with Crippen LogP contribution in [0, 0.1) is 0 Å². The van der Waals surface area contributed by atoms with Crippen LogP contribution in [0.1, 0.15) is 29.3 Å². The number of hydrogen-bond donors (Lipinski definition) is 0. The zero-order valence-corrected chi connectivity index (χ0v) is 9.55. The van der Waals surface area contributed by atoms with E-state index in [1.54, 1.807) is 6.92 Å². The summed E-state index contributed by atoms with van der Waals surface area (Å²) in [7, 11) is 0. The Morgan fingerprint density at radius 2 is 2.13 bits per heavy atom. The normalized spacial score (nSPS) is 9.93. The van der Waals surface area contributed by atoms with E-state index < -0.39 is 0 Å². The Morgan fingerprint density at radius 1 is 1.40 bits per heavy atom. The van der Waals surface area contributed by atoms with Crippen molar-refractivity contribution in [2.24, 2.45) is 0 Å². The number of aryl methyl sites for hydroxylation is 1. The first kappa shape index (κ1) is 12.0. The van der Waals surface area contributed by atoms with Gasteiger partial charge in [0.05, 0.1) is 0 Å². The minimum atomic E-state index is 0.152. The molecule has 1 aromatic carbocycles. The van der Waals surface area contributed by atoms with Gasteiger partial charge in [0.1, 0.15) is 6.29 Å². The summed E-state index contributed by atoms with van der Waals surface area (Å²) >= 11 is 1.34. The summed E-state index contributed by atoms with van der Waals surface area (Å²) in [5.74, 6) is 0.822. The van der Waals surface area contributed by atoms with Crippen LogP contribution in [0.15, 0.2) is 24.3 Å². The number of rotatable bonds is 5. The molecule has 15 heavy (non-hydrogen) atoms. The molecule has 0 atom stereocenters. The molecule has 0 saturated heterocycles. The van der Waals surface area contributed by atoms with Crippen molar-refractivity contribution in [2.45, 2.75) is 19.8 Å². The molecule has 0 saturated carbocycles. The summed E-state index contributed by atoms with van der Waals surface area (Å²) in [5, 5.41) is 0.152. The maximum absolute atomic E-state index is 10.7. The van der Waals surface area contributed by atoms with E-state index in [2.05, 4.69) is 0 Å². The van der Waals surface area contributed by atoms with Gasteiger partial charge in [-0.25, -0.2) is 0 Å². The molecule has 1 aromatic rings. The Bertz CT molecular complexity index is 347. The van der Waals surface area contributed by atoms with Crippen molar-refractivity contribution in [3.8, 4) is 0 Å². The molecule has 80 valence electrons. The van der Waals surface area contributed by atoms with Crippen molar-refractivity contribution in [1.29, 1.82) is 0 Å². The summed E-state index contributed by atoms with van der Waals surface area (Å²) in [4.78, 5) is 21.4. The topological polar surface area (TPSA) is 34.1 Å². The smallest absolute Gasteiger partial charge is 0.185 e. The highest BCUT2D eigenvalue weighted by Crippen LogP contribution is 2.11. The molecule has 2 nitrogen and oxygen atoms in total. The number of aldehydes is 1. The van der Waals surface area contributed by atoms with Crippen LogP contribution in [0.3, 0.4) is 0 Å². The van der Waals surface area contributed by atoms with Crippen LogP contribution < -0.4 is 0 Å². The molecule has 0 radical (unpaired) electrons. The molecule has 0 amide bonds. The van der Waals surface area contributed by atoms with Crippen LogP contribution in [0.25, 0.3) is 0 Å². The molecule has 0 spiro atoms. The van der Waals surface area contributed by atoms with Crippen LogP contribution in [0.4, 0.5) is 0 Å². The molecule has 3 heteroatoms. The standard InChI is InChI=1S/C12H14O2S/c1-10(14)15-8-4-7-11-5-2-3-6-12(11)9-13/h2-3,5-6,9H,4,7-8H2,1H3.